The minimum absolute atomic E-state index is 0.227. The molecule has 0 aliphatic carbocycles. The topological polar surface area (TPSA) is 55.4 Å². The van der Waals surface area contributed by atoms with Crippen LogP contribution < -0.4 is 5.32 Å². The molecule has 1 heterocycles. The summed E-state index contributed by atoms with van der Waals surface area (Å²) in [7, 11) is 1.32. The van der Waals surface area contributed by atoms with E-state index in [4.69, 9.17) is 0 Å². The van der Waals surface area contributed by atoms with Gasteiger partial charge < -0.3 is 10.1 Å². The van der Waals surface area contributed by atoms with E-state index >= 15 is 0 Å². The predicted molar refractivity (Wildman–Crippen MR) is 87.5 cm³/mol. The fourth-order valence-electron chi connectivity index (χ4n) is 1.62. The summed E-state index contributed by atoms with van der Waals surface area (Å²) in [6, 6.07) is 8.99. The largest absolute Gasteiger partial charge is 0.465 e. The van der Waals surface area contributed by atoms with Crippen LogP contribution in [0.3, 0.4) is 0 Å². The van der Waals surface area contributed by atoms with Gasteiger partial charge in [0, 0.05) is 9.26 Å². The molecule has 0 spiro atoms. The van der Waals surface area contributed by atoms with Crippen LogP contribution in [-0.4, -0.2) is 19.0 Å². The van der Waals surface area contributed by atoms with Crippen LogP contribution in [0.5, 0.6) is 0 Å². The van der Waals surface area contributed by atoms with Crippen LogP contribution in [0.2, 0.25) is 0 Å². The van der Waals surface area contributed by atoms with Crippen LogP contribution >= 0.6 is 33.9 Å². The Morgan fingerprint density at radius 1 is 1.20 bits per heavy atom. The van der Waals surface area contributed by atoms with Crippen LogP contribution in [0.25, 0.3) is 0 Å². The number of methoxy groups -OCH3 is 1. The Balaban J connectivity index is 2.16. The summed E-state index contributed by atoms with van der Waals surface area (Å²) in [6.45, 7) is 1.94. The van der Waals surface area contributed by atoms with Crippen LogP contribution in [-0.2, 0) is 4.74 Å². The lowest BCUT2D eigenvalue weighted by Gasteiger charge is -2.07. The molecule has 0 aliphatic rings. The summed E-state index contributed by atoms with van der Waals surface area (Å²) < 4.78 is 5.73. The number of amides is 1. The number of ether oxygens (including phenoxy) is 1. The lowest BCUT2D eigenvalue weighted by Crippen LogP contribution is -2.11. The number of thiophene rings is 1. The van der Waals surface area contributed by atoms with Gasteiger partial charge in [-0.05, 0) is 65.4 Å². The van der Waals surface area contributed by atoms with Crippen molar-refractivity contribution in [3.63, 3.8) is 0 Å². The third-order valence-corrected chi connectivity index (χ3v) is 4.39. The zero-order chi connectivity index (χ0) is 14.7. The second-order valence-corrected chi connectivity index (χ2v) is 6.40. The number of carbonyl (C=O) groups excluding carboxylic acids is 2. The summed E-state index contributed by atoms with van der Waals surface area (Å²) in [5.74, 6) is -0.658. The zero-order valence-corrected chi connectivity index (χ0v) is 13.9. The summed E-state index contributed by atoms with van der Waals surface area (Å²) in [4.78, 5) is 24.4. The zero-order valence-electron chi connectivity index (χ0n) is 10.9. The normalized spacial score (nSPS) is 10.2. The Bertz CT molecular complexity index is 666. The highest BCUT2D eigenvalue weighted by atomic mass is 127. The van der Waals surface area contributed by atoms with E-state index in [1.54, 1.807) is 12.1 Å². The minimum Gasteiger partial charge on any atom is -0.465 e. The number of aryl methyl sites for hydroxylation is 1. The molecule has 104 valence electrons. The predicted octanol–water partition coefficient (Wildman–Crippen LogP) is 3.70. The SMILES string of the molecule is COC(=O)c1ccc(C(=O)Nc2ccc(I)cc2C)s1. The Hall–Kier alpha value is -1.41. The highest BCUT2D eigenvalue weighted by molar-refractivity contribution is 14.1. The minimum atomic E-state index is -0.431. The van der Waals surface area contributed by atoms with Crippen molar-refractivity contribution in [1.29, 1.82) is 0 Å². The first-order chi connectivity index (χ1) is 9.51. The fraction of sp³-hybridized carbons (Fsp3) is 0.143. The average Bonchev–Trinajstić information content (AvgIpc) is 2.90. The molecule has 1 aromatic heterocycles. The number of hydrogen-bond donors (Lipinski definition) is 1. The highest BCUT2D eigenvalue weighted by Gasteiger charge is 2.14. The average molecular weight is 401 g/mol. The van der Waals surface area contributed by atoms with Crippen molar-refractivity contribution < 1.29 is 14.3 Å². The van der Waals surface area contributed by atoms with Crippen LogP contribution in [0, 0.1) is 10.5 Å². The van der Waals surface area contributed by atoms with Gasteiger partial charge in [-0.2, -0.15) is 0 Å². The molecule has 0 radical (unpaired) electrons. The van der Waals surface area contributed by atoms with Gasteiger partial charge in [0.05, 0.1) is 12.0 Å². The molecule has 0 saturated heterocycles. The second kappa shape index (κ2) is 6.36. The van der Waals surface area contributed by atoms with E-state index in [9.17, 15) is 9.59 Å². The molecular weight excluding hydrogens is 389 g/mol. The van der Waals surface area contributed by atoms with Crippen molar-refractivity contribution in [2.45, 2.75) is 6.92 Å². The Kier molecular flexibility index (Phi) is 4.77. The molecule has 0 unspecified atom stereocenters. The van der Waals surface area contributed by atoms with Crippen LogP contribution in [0.4, 0.5) is 5.69 Å². The maximum atomic E-state index is 12.1. The van der Waals surface area contributed by atoms with E-state index in [0.717, 1.165) is 26.2 Å². The van der Waals surface area contributed by atoms with Gasteiger partial charge in [-0.3, -0.25) is 4.79 Å². The van der Waals surface area contributed by atoms with E-state index in [0.29, 0.717) is 9.75 Å². The summed E-state index contributed by atoms with van der Waals surface area (Å²) in [6.07, 6.45) is 0. The van der Waals surface area contributed by atoms with Gasteiger partial charge in [-0.1, -0.05) is 0 Å². The molecule has 0 fully saturated rings. The Labute approximate surface area is 134 Å². The third-order valence-electron chi connectivity index (χ3n) is 2.65. The lowest BCUT2D eigenvalue weighted by molar-refractivity contribution is 0.0606. The number of rotatable bonds is 3. The van der Waals surface area contributed by atoms with Crippen LogP contribution in [0.15, 0.2) is 30.3 Å². The van der Waals surface area contributed by atoms with Crippen molar-refractivity contribution in [2.75, 3.05) is 12.4 Å². The van der Waals surface area contributed by atoms with Gasteiger partial charge >= 0.3 is 5.97 Å². The van der Waals surface area contributed by atoms with E-state index in [-0.39, 0.29) is 5.91 Å². The summed E-state index contributed by atoms with van der Waals surface area (Å²) in [5.41, 5.74) is 1.76. The van der Waals surface area contributed by atoms with E-state index in [1.807, 2.05) is 25.1 Å². The molecule has 1 N–H and O–H groups in total. The van der Waals surface area contributed by atoms with E-state index < -0.39 is 5.97 Å². The molecule has 0 bridgehead atoms. The molecule has 0 atom stereocenters. The molecule has 4 nitrogen and oxygen atoms in total. The molecule has 20 heavy (non-hydrogen) atoms. The number of carbonyl (C=O) groups is 2. The summed E-state index contributed by atoms with van der Waals surface area (Å²) in [5, 5.41) is 2.84. The van der Waals surface area contributed by atoms with Gasteiger partial charge in [0.1, 0.15) is 4.88 Å². The van der Waals surface area contributed by atoms with E-state index in [1.165, 1.54) is 7.11 Å². The highest BCUT2D eigenvalue weighted by Crippen LogP contribution is 2.21. The molecule has 2 aromatic rings. The van der Waals surface area contributed by atoms with Gasteiger partial charge in [0.25, 0.3) is 5.91 Å². The first-order valence-corrected chi connectivity index (χ1v) is 7.66. The maximum absolute atomic E-state index is 12.1. The van der Waals surface area contributed by atoms with Crippen molar-refractivity contribution >= 4 is 51.5 Å². The number of esters is 1. The van der Waals surface area contributed by atoms with Gasteiger partial charge in [-0.15, -0.1) is 11.3 Å². The van der Waals surface area contributed by atoms with E-state index in [2.05, 4.69) is 32.6 Å². The van der Waals surface area contributed by atoms with Crippen molar-refractivity contribution in [2.24, 2.45) is 0 Å². The Morgan fingerprint density at radius 3 is 2.55 bits per heavy atom. The van der Waals surface area contributed by atoms with Gasteiger partial charge in [-0.25, -0.2) is 4.79 Å². The van der Waals surface area contributed by atoms with Crippen molar-refractivity contribution in [3.8, 4) is 0 Å². The lowest BCUT2D eigenvalue weighted by atomic mass is 10.2. The number of halogens is 1. The van der Waals surface area contributed by atoms with Crippen molar-refractivity contribution in [3.05, 3.63) is 49.2 Å². The van der Waals surface area contributed by atoms with Crippen molar-refractivity contribution in [1.82, 2.24) is 0 Å². The van der Waals surface area contributed by atoms with Crippen LogP contribution in [0.1, 0.15) is 24.9 Å². The number of hydrogen-bond acceptors (Lipinski definition) is 4. The third kappa shape index (κ3) is 3.37. The Morgan fingerprint density at radius 2 is 1.90 bits per heavy atom. The number of nitrogens with one attached hydrogen (secondary N) is 1. The molecule has 6 heteroatoms. The number of benzene rings is 1. The second-order valence-electron chi connectivity index (χ2n) is 4.07. The first-order valence-electron chi connectivity index (χ1n) is 5.77. The molecule has 2 rings (SSSR count). The smallest absolute Gasteiger partial charge is 0.348 e. The molecule has 1 aromatic carbocycles. The molecule has 0 aliphatic heterocycles. The fourth-order valence-corrected chi connectivity index (χ4v) is 3.09. The number of anilines is 1. The monoisotopic (exact) mass is 401 g/mol. The van der Waals surface area contributed by atoms with Gasteiger partial charge in [0.2, 0.25) is 0 Å². The standard InChI is InChI=1S/C14H12INO3S/c1-8-7-9(15)3-4-10(8)16-13(17)11-5-6-12(20-11)14(18)19-2/h3-7H,1-2H3,(H,16,17). The molecular formula is C14H12INO3S. The quantitative estimate of drug-likeness (QED) is 0.631. The first kappa shape index (κ1) is 15.0. The molecule has 0 saturated carbocycles. The summed E-state index contributed by atoms with van der Waals surface area (Å²) >= 11 is 3.33. The molecule has 1 amide bonds. The maximum Gasteiger partial charge on any atom is 0.348 e. The van der Waals surface area contributed by atoms with Gasteiger partial charge in [0.15, 0.2) is 0 Å².